The van der Waals surface area contributed by atoms with Gasteiger partial charge in [0.2, 0.25) is 5.75 Å². The number of hydrogen-bond acceptors (Lipinski definition) is 5. The highest BCUT2D eigenvalue weighted by atomic mass is 31.2. The van der Waals surface area contributed by atoms with E-state index in [9.17, 15) is 13.9 Å². The predicted octanol–water partition coefficient (Wildman–Crippen LogP) is 3.02. The molecule has 1 unspecified atom stereocenters. The Balaban J connectivity index is 3.00. The second-order valence-corrected chi connectivity index (χ2v) is 3.53. The van der Waals surface area contributed by atoms with E-state index < -0.39 is 8.34 Å². The number of phenols is 1. The summed E-state index contributed by atoms with van der Waals surface area (Å²) in [5.41, 5.74) is 0.536. The molecule has 0 fully saturated rings. The predicted molar refractivity (Wildman–Crippen MR) is 60.0 cm³/mol. The zero-order chi connectivity index (χ0) is 12.8. The van der Waals surface area contributed by atoms with Gasteiger partial charge in [-0.15, -0.1) is 0 Å². The smallest absolute Gasteiger partial charge is 0.502 e. The molecule has 0 saturated heterocycles. The van der Waals surface area contributed by atoms with Crippen molar-refractivity contribution < 1.29 is 27.9 Å². The van der Waals surface area contributed by atoms with Gasteiger partial charge in [0.25, 0.3) is 0 Å². The van der Waals surface area contributed by atoms with Crippen molar-refractivity contribution in [3.05, 3.63) is 24.0 Å². The second-order valence-electron chi connectivity index (χ2n) is 2.89. The molecule has 0 amide bonds. The van der Waals surface area contributed by atoms with Crippen LogP contribution in [0.1, 0.15) is 5.56 Å². The molecular formula is C10H11FO5P+. The number of halogens is 1. The SMILES string of the molecule is COc1cc(C=CO[P+](=O)F)cc(OC)c1O. The van der Waals surface area contributed by atoms with Crippen molar-refractivity contribution in [3.63, 3.8) is 0 Å². The Hall–Kier alpha value is -1.81. The van der Waals surface area contributed by atoms with Crippen molar-refractivity contribution in [2.75, 3.05) is 14.2 Å². The summed E-state index contributed by atoms with van der Waals surface area (Å²) in [4.78, 5) is 0. The van der Waals surface area contributed by atoms with Gasteiger partial charge in [-0.25, -0.2) is 4.52 Å². The largest absolute Gasteiger partial charge is 0.799 e. The first-order valence-corrected chi connectivity index (χ1v) is 5.56. The van der Waals surface area contributed by atoms with Gasteiger partial charge in [-0.3, -0.25) is 0 Å². The number of benzene rings is 1. The monoisotopic (exact) mass is 261 g/mol. The summed E-state index contributed by atoms with van der Waals surface area (Å²) in [6, 6.07) is 2.98. The van der Waals surface area contributed by atoms with Crippen LogP contribution < -0.4 is 9.47 Å². The average molecular weight is 261 g/mol. The van der Waals surface area contributed by atoms with Crippen LogP contribution in [0.2, 0.25) is 0 Å². The molecule has 0 saturated carbocycles. The third kappa shape index (κ3) is 3.60. The van der Waals surface area contributed by atoms with Crippen molar-refractivity contribution in [2.45, 2.75) is 0 Å². The van der Waals surface area contributed by atoms with Gasteiger partial charge in [0, 0.05) is 4.57 Å². The van der Waals surface area contributed by atoms with Gasteiger partial charge in [-0.2, -0.15) is 0 Å². The molecule has 0 radical (unpaired) electrons. The van der Waals surface area contributed by atoms with Crippen LogP contribution in [0.15, 0.2) is 18.4 Å². The summed E-state index contributed by atoms with van der Waals surface area (Å²) < 4.78 is 35.9. The van der Waals surface area contributed by atoms with E-state index in [1.165, 1.54) is 32.4 Å². The topological polar surface area (TPSA) is 65.0 Å². The Labute approximate surface area is 98.4 Å². The first-order valence-electron chi connectivity index (χ1n) is 4.49. The standard InChI is InChI=1S/C10H10FO5P/c1-14-8-5-7(3-4-16-17(11)13)6-9(15-2)10(8)12/h3-6H,1-2H3/p+1. The Morgan fingerprint density at radius 2 is 1.82 bits per heavy atom. The molecule has 0 bridgehead atoms. The van der Waals surface area contributed by atoms with Crippen molar-refractivity contribution in [3.8, 4) is 17.2 Å². The van der Waals surface area contributed by atoms with Crippen LogP contribution in [-0.2, 0) is 9.09 Å². The van der Waals surface area contributed by atoms with Crippen molar-refractivity contribution in [2.24, 2.45) is 0 Å². The fourth-order valence-corrected chi connectivity index (χ4v) is 1.32. The van der Waals surface area contributed by atoms with Gasteiger partial charge in [-0.1, -0.05) is 0 Å². The van der Waals surface area contributed by atoms with E-state index in [4.69, 9.17) is 9.47 Å². The number of phenolic OH excluding ortho intramolecular Hbond substituents is 1. The third-order valence-corrected chi connectivity index (χ3v) is 2.19. The molecule has 1 N–H and O–H groups in total. The molecule has 0 spiro atoms. The average Bonchev–Trinajstić information content (AvgIpc) is 2.30. The number of methoxy groups -OCH3 is 2. The van der Waals surface area contributed by atoms with E-state index in [0.29, 0.717) is 5.56 Å². The molecular weight excluding hydrogens is 250 g/mol. The van der Waals surface area contributed by atoms with E-state index in [2.05, 4.69) is 4.52 Å². The molecule has 5 nitrogen and oxygen atoms in total. The quantitative estimate of drug-likeness (QED) is 0.651. The van der Waals surface area contributed by atoms with E-state index in [-0.39, 0.29) is 17.2 Å². The molecule has 0 aliphatic heterocycles. The summed E-state index contributed by atoms with van der Waals surface area (Å²) >= 11 is 0. The zero-order valence-electron chi connectivity index (χ0n) is 9.21. The lowest BCUT2D eigenvalue weighted by Gasteiger charge is -2.08. The van der Waals surface area contributed by atoms with Crippen molar-refractivity contribution >= 4 is 14.4 Å². The minimum Gasteiger partial charge on any atom is -0.502 e. The van der Waals surface area contributed by atoms with Crippen LogP contribution in [-0.4, -0.2) is 19.3 Å². The molecule has 1 aromatic rings. The Morgan fingerprint density at radius 1 is 1.29 bits per heavy atom. The maximum absolute atomic E-state index is 11.9. The van der Waals surface area contributed by atoms with Crippen molar-refractivity contribution in [1.82, 2.24) is 0 Å². The van der Waals surface area contributed by atoms with Gasteiger partial charge in [0.05, 0.1) is 18.4 Å². The van der Waals surface area contributed by atoms with Crippen LogP contribution in [0.5, 0.6) is 17.2 Å². The highest BCUT2D eigenvalue weighted by Crippen LogP contribution is 2.37. The minimum absolute atomic E-state index is 0.135. The lowest BCUT2D eigenvalue weighted by molar-refractivity contribution is 0.339. The summed E-state index contributed by atoms with van der Waals surface area (Å²) in [7, 11) is -0.402. The molecule has 92 valence electrons. The molecule has 0 aliphatic rings. The summed E-state index contributed by atoms with van der Waals surface area (Å²) in [6.07, 6.45) is 2.31. The van der Waals surface area contributed by atoms with E-state index in [1.807, 2.05) is 0 Å². The van der Waals surface area contributed by atoms with Gasteiger partial charge >= 0.3 is 8.34 Å². The van der Waals surface area contributed by atoms with Crippen molar-refractivity contribution in [1.29, 1.82) is 0 Å². The molecule has 17 heavy (non-hydrogen) atoms. The minimum atomic E-state index is -3.17. The van der Waals surface area contributed by atoms with Crippen LogP contribution >= 0.6 is 8.34 Å². The molecule has 0 heterocycles. The molecule has 0 aromatic heterocycles. The Morgan fingerprint density at radius 3 is 2.24 bits per heavy atom. The van der Waals surface area contributed by atoms with Crippen LogP contribution in [0, 0.1) is 0 Å². The summed E-state index contributed by atoms with van der Waals surface area (Å²) in [6.45, 7) is 0. The van der Waals surface area contributed by atoms with Gasteiger partial charge < -0.3 is 14.6 Å². The number of aromatic hydroxyl groups is 1. The first-order chi connectivity index (χ1) is 8.08. The molecule has 1 rings (SSSR count). The number of ether oxygens (including phenoxy) is 2. The van der Waals surface area contributed by atoms with E-state index >= 15 is 0 Å². The number of rotatable bonds is 5. The van der Waals surface area contributed by atoms with Gasteiger partial charge in [0.1, 0.15) is 0 Å². The van der Waals surface area contributed by atoms with Crippen LogP contribution in [0.3, 0.4) is 0 Å². The normalized spacial score (nSPS) is 11.4. The third-order valence-electron chi connectivity index (χ3n) is 1.91. The fourth-order valence-electron chi connectivity index (χ4n) is 1.17. The van der Waals surface area contributed by atoms with Gasteiger partial charge in [-0.05, 0) is 23.8 Å². The summed E-state index contributed by atoms with van der Waals surface area (Å²) in [5, 5.41) is 9.61. The lowest BCUT2D eigenvalue weighted by atomic mass is 10.2. The first kappa shape index (κ1) is 13.3. The zero-order valence-corrected chi connectivity index (χ0v) is 10.1. The van der Waals surface area contributed by atoms with Crippen LogP contribution in [0.25, 0.3) is 6.08 Å². The lowest BCUT2D eigenvalue weighted by Crippen LogP contribution is -1.90. The van der Waals surface area contributed by atoms with Gasteiger partial charge in [0.15, 0.2) is 17.8 Å². The maximum atomic E-state index is 11.9. The molecule has 1 atom stereocenters. The second kappa shape index (κ2) is 6.06. The highest BCUT2D eigenvalue weighted by molar-refractivity contribution is 7.32. The molecule has 0 aliphatic carbocycles. The Bertz CT molecular complexity index is 421. The van der Waals surface area contributed by atoms with E-state index in [0.717, 1.165) is 6.26 Å². The fraction of sp³-hybridized carbons (Fsp3) is 0.200. The Kier molecular flexibility index (Phi) is 4.72. The summed E-state index contributed by atoms with van der Waals surface area (Å²) in [5.74, 6) is 0.270. The van der Waals surface area contributed by atoms with E-state index in [1.54, 1.807) is 0 Å². The highest BCUT2D eigenvalue weighted by Gasteiger charge is 2.13. The molecule has 7 heteroatoms. The molecule has 1 aromatic carbocycles. The maximum Gasteiger partial charge on any atom is 0.799 e. The van der Waals surface area contributed by atoms with Crippen LogP contribution in [0.4, 0.5) is 4.20 Å². The number of hydrogen-bond donors (Lipinski definition) is 1.